The molecular formula is C11H12N2O4S. The molecule has 0 heterocycles. The normalized spacial score (nSPS) is 11.7. The van der Waals surface area contributed by atoms with Crippen LogP contribution in [0.3, 0.4) is 0 Å². The Kier molecular flexibility index (Phi) is 4.68. The summed E-state index contributed by atoms with van der Waals surface area (Å²) in [6.45, 7) is 2.39. The summed E-state index contributed by atoms with van der Waals surface area (Å²) in [5.41, 5.74) is 0.327. The van der Waals surface area contributed by atoms with Crippen molar-refractivity contribution in [3.8, 4) is 11.8 Å². The maximum atomic E-state index is 10.8. The first-order valence-electron chi connectivity index (χ1n) is 5.06. The summed E-state index contributed by atoms with van der Waals surface area (Å²) in [6.07, 6.45) is 0.851. The molecule has 6 nitrogen and oxygen atoms in total. The van der Waals surface area contributed by atoms with Gasteiger partial charge in [-0.1, -0.05) is 5.16 Å². The van der Waals surface area contributed by atoms with Crippen LogP contribution in [0.2, 0.25) is 0 Å². The summed E-state index contributed by atoms with van der Waals surface area (Å²) in [7, 11) is -3.72. The Hall–Kier alpha value is -2.07. The van der Waals surface area contributed by atoms with Crippen LogP contribution in [0.1, 0.15) is 12.5 Å². The van der Waals surface area contributed by atoms with Gasteiger partial charge in [-0.05, 0) is 31.2 Å². The lowest BCUT2D eigenvalue weighted by molar-refractivity contribution is 0.340. The van der Waals surface area contributed by atoms with Crippen LogP contribution >= 0.6 is 0 Å². The number of rotatable bonds is 5. The van der Waals surface area contributed by atoms with E-state index in [4.69, 9.17) is 10.00 Å². The Balaban J connectivity index is 2.93. The molecular weight excluding hydrogens is 256 g/mol. The standard InChI is InChI=1S/C11H12N2O4S/c1-3-16-10-6-4-9(5-7-10)11(8-12)13-17-18(2,14)15/h4-7H,3H2,1-2H3/b13-11+. The predicted octanol–water partition coefficient (Wildman–Crippen LogP) is 1.29. The van der Waals surface area contributed by atoms with Gasteiger partial charge in [-0.25, -0.2) is 0 Å². The highest BCUT2D eigenvalue weighted by Crippen LogP contribution is 2.13. The molecule has 0 radical (unpaired) electrons. The molecule has 0 spiro atoms. The van der Waals surface area contributed by atoms with Crippen LogP contribution in [0.15, 0.2) is 29.4 Å². The van der Waals surface area contributed by atoms with Gasteiger partial charge in [0.25, 0.3) is 0 Å². The topological polar surface area (TPSA) is 88.8 Å². The van der Waals surface area contributed by atoms with Crippen LogP contribution in [0, 0.1) is 11.3 Å². The van der Waals surface area contributed by atoms with Crippen molar-refractivity contribution in [2.75, 3.05) is 12.9 Å². The molecule has 0 aliphatic heterocycles. The van der Waals surface area contributed by atoms with Crippen molar-refractivity contribution in [3.63, 3.8) is 0 Å². The van der Waals surface area contributed by atoms with Gasteiger partial charge in [0, 0.05) is 5.56 Å². The summed E-state index contributed by atoms with van der Waals surface area (Å²) in [4.78, 5) is 0. The van der Waals surface area contributed by atoms with E-state index in [1.54, 1.807) is 30.3 Å². The highest BCUT2D eigenvalue weighted by Gasteiger charge is 2.06. The lowest BCUT2D eigenvalue weighted by Crippen LogP contribution is -2.03. The van der Waals surface area contributed by atoms with E-state index in [0.717, 1.165) is 6.26 Å². The molecule has 0 saturated heterocycles. The van der Waals surface area contributed by atoms with E-state index in [1.807, 2.05) is 6.92 Å². The average molecular weight is 268 g/mol. The van der Waals surface area contributed by atoms with Gasteiger partial charge in [0.1, 0.15) is 11.8 Å². The number of hydrogen-bond donors (Lipinski definition) is 0. The molecule has 0 aliphatic carbocycles. The number of nitriles is 1. The first-order valence-corrected chi connectivity index (χ1v) is 6.88. The van der Waals surface area contributed by atoms with E-state index >= 15 is 0 Å². The minimum absolute atomic E-state index is 0.122. The SMILES string of the molecule is CCOc1ccc(/C(C#N)=N/OS(C)(=O)=O)cc1. The second-order valence-corrected chi connectivity index (χ2v) is 4.85. The van der Waals surface area contributed by atoms with E-state index < -0.39 is 10.1 Å². The third kappa shape index (κ3) is 4.43. The molecule has 1 aromatic carbocycles. The second kappa shape index (κ2) is 6.02. The summed E-state index contributed by atoms with van der Waals surface area (Å²) >= 11 is 0. The molecule has 0 unspecified atom stereocenters. The fourth-order valence-electron chi connectivity index (χ4n) is 1.12. The molecule has 1 rings (SSSR count). The maximum absolute atomic E-state index is 10.8. The molecule has 0 amide bonds. The minimum atomic E-state index is -3.72. The van der Waals surface area contributed by atoms with Gasteiger partial charge < -0.3 is 4.74 Å². The number of oxime groups is 1. The van der Waals surface area contributed by atoms with Crippen LogP contribution in [0.4, 0.5) is 0 Å². The number of benzene rings is 1. The van der Waals surface area contributed by atoms with Crippen molar-refractivity contribution in [2.24, 2.45) is 5.16 Å². The fourth-order valence-corrected chi connectivity index (χ4v) is 1.33. The van der Waals surface area contributed by atoms with Crippen LogP contribution in [-0.4, -0.2) is 27.0 Å². The zero-order valence-electron chi connectivity index (χ0n) is 9.95. The Morgan fingerprint density at radius 1 is 1.39 bits per heavy atom. The minimum Gasteiger partial charge on any atom is -0.494 e. The zero-order valence-corrected chi connectivity index (χ0v) is 10.8. The highest BCUT2D eigenvalue weighted by atomic mass is 32.2. The summed E-state index contributed by atoms with van der Waals surface area (Å²) in [5.74, 6) is 0.655. The van der Waals surface area contributed by atoms with E-state index in [1.165, 1.54) is 0 Å². The smallest absolute Gasteiger partial charge is 0.325 e. The first kappa shape index (κ1) is 14.0. The molecule has 0 bridgehead atoms. The maximum Gasteiger partial charge on any atom is 0.325 e. The molecule has 0 aliphatic rings. The third-order valence-corrected chi connectivity index (χ3v) is 2.15. The molecule has 0 saturated carbocycles. The molecule has 1 aromatic rings. The van der Waals surface area contributed by atoms with E-state index in [-0.39, 0.29) is 5.71 Å². The average Bonchev–Trinajstić information content (AvgIpc) is 2.31. The molecule has 0 fully saturated rings. The van der Waals surface area contributed by atoms with Gasteiger partial charge in [-0.3, -0.25) is 4.28 Å². The summed E-state index contributed by atoms with van der Waals surface area (Å²) in [6, 6.07) is 8.27. The van der Waals surface area contributed by atoms with Crippen molar-refractivity contribution < 1.29 is 17.4 Å². The van der Waals surface area contributed by atoms with Gasteiger partial charge in [0.05, 0.1) is 12.9 Å². The molecule has 96 valence electrons. The quantitative estimate of drug-likeness (QED) is 0.593. The largest absolute Gasteiger partial charge is 0.494 e. The number of hydrogen-bond acceptors (Lipinski definition) is 6. The van der Waals surface area contributed by atoms with E-state index in [9.17, 15) is 8.42 Å². The Labute approximate surface area is 106 Å². The Morgan fingerprint density at radius 3 is 2.44 bits per heavy atom. The van der Waals surface area contributed by atoms with Crippen LogP contribution in [0.25, 0.3) is 0 Å². The zero-order chi connectivity index (χ0) is 13.6. The van der Waals surface area contributed by atoms with Crippen molar-refractivity contribution in [3.05, 3.63) is 29.8 Å². The summed E-state index contributed by atoms with van der Waals surface area (Å²) < 4.78 is 31.0. The van der Waals surface area contributed by atoms with Crippen LogP contribution in [0.5, 0.6) is 5.75 Å². The van der Waals surface area contributed by atoms with Gasteiger partial charge in [0.2, 0.25) is 0 Å². The molecule has 0 aromatic heterocycles. The molecule has 0 atom stereocenters. The number of nitrogens with zero attached hydrogens (tertiary/aromatic N) is 2. The Morgan fingerprint density at radius 2 is 2.00 bits per heavy atom. The van der Waals surface area contributed by atoms with Crippen LogP contribution < -0.4 is 4.74 Å². The highest BCUT2D eigenvalue weighted by molar-refractivity contribution is 7.85. The van der Waals surface area contributed by atoms with Crippen LogP contribution in [-0.2, 0) is 14.4 Å². The first-order chi connectivity index (χ1) is 8.46. The van der Waals surface area contributed by atoms with Crippen molar-refractivity contribution in [1.29, 1.82) is 5.26 Å². The van der Waals surface area contributed by atoms with Crippen molar-refractivity contribution >= 4 is 15.8 Å². The third-order valence-electron chi connectivity index (χ3n) is 1.81. The molecule has 7 heteroatoms. The van der Waals surface area contributed by atoms with Gasteiger partial charge >= 0.3 is 10.1 Å². The van der Waals surface area contributed by atoms with Gasteiger partial charge in [0.15, 0.2) is 5.71 Å². The van der Waals surface area contributed by atoms with Crippen molar-refractivity contribution in [2.45, 2.75) is 6.92 Å². The lowest BCUT2D eigenvalue weighted by Gasteiger charge is -2.03. The predicted molar refractivity (Wildman–Crippen MR) is 65.7 cm³/mol. The molecule has 18 heavy (non-hydrogen) atoms. The second-order valence-electron chi connectivity index (χ2n) is 3.29. The summed E-state index contributed by atoms with van der Waals surface area (Å²) in [5, 5.41) is 12.1. The Bertz CT molecular complexity index is 570. The van der Waals surface area contributed by atoms with Gasteiger partial charge in [-0.2, -0.15) is 13.7 Å². The number of ether oxygens (including phenoxy) is 1. The lowest BCUT2D eigenvalue weighted by atomic mass is 10.1. The molecule has 0 N–H and O–H groups in total. The fraction of sp³-hybridized carbons (Fsp3) is 0.273. The van der Waals surface area contributed by atoms with E-state index in [2.05, 4.69) is 9.44 Å². The van der Waals surface area contributed by atoms with Gasteiger partial charge in [-0.15, -0.1) is 0 Å². The van der Waals surface area contributed by atoms with Crippen molar-refractivity contribution in [1.82, 2.24) is 0 Å². The van der Waals surface area contributed by atoms with E-state index in [0.29, 0.717) is 17.9 Å². The monoisotopic (exact) mass is 268 g/mol.